The minimum atomic E-state index is -6.14. The van der Waals surface area contributed by atoms with Gasteiger partial charge in [-0.2, -0.15) is 26.3 Å². The van der Waals surface area contributed by atoms with Gasteiger partial charge in [-0.05, 0) is 54.3 Å². The number of hydrogen-bond donors (Lipinski definition) is 1. The predicted octanol–water partition coefficient (Wildman–Crippen LogP) is 5.78. The molecular formula is C27H22F7NO5S. The highest BCUT2D eigenvalue weighted by atomic mass is 32.2. The lowest BCUT2D eigenvalue weighted by molar-refractivity contribution is -0.376. The monoisotopic (exact) mass is 605 g/mol. The summed E-state index contributed by atoms with van der Waals surface area (Å²) in [6.07, 6.45) is -13.2. The second-order valence-corrected chi connectivity index (χ2v) is 11.2. The number of fused-ring (bicyclic) bond motifs is 1. The van der Waals surface area contributed by atoms with E-state index >= 15 is 0 Å². The molecular weight excluding hydrogens is 583 g/mol. The van der Waals surface area contributed by atoms with Crippen molar-refractivity contribution in [1.29, 1.82) is 0 Å². The third-order valence-corrected chi connectivity index (χ3v) is 8.53. The van der Waals surface area contributed by atoms with Crippen molar-refractivity contribution in [2.45, 2.75) is 54.8 Å². The van der Waals surface area contributed by atoms with E-state index in [2.05, 4.69) is 0 Å². The highest BCUT2D eigenvalue weighted by molar-refractivity contribution is 7.92. The number of rotatable bonds is 7. The minimum absolute atomic E-state index is 0.121. The summed E-state index contributed by atoms with van der Waals surface area (Å²) in [7, 11) is -4.61. The van der Waals surface area contributed by atoms with Crippen molar-refractivity contribution in [2.24, 2.45) is 0 Å². The van der Waals surface area contributed by atoms with Gasteiger partial charge in [0.25, 0.3) is 15.6 Å². The molecule has 1 aliphatic heterocycles. The number of hydrogen-bond acceptors (Lipinski definition) is 5. The van der Waals surface area contributed by atoms with Crippen LogP contribution in [0.15, 0.2) is 77.7 Å². The first-order valence-electron chi connectivity index (χ1n) is 12.0. The number of alkyl halides is 6. The quantitative estimate of drug-likeness (QED) is 0.273. The summed E-state index contributed by atoms with van der Waals surface area (Å²) in [5.41, 5.74) is -6.64. The third kappa shape index (κ3) is 5.89. The highest BCUT2D eigenvalue weighted by Gasteiger charge is 2.71. The van der Waals surface area contributed by atoms with Gasteiger partial charge in [0, 0.05) is 5.56 Å². The van der Waals surface area contributed by atoms with Crippen molar-refractivity contribution < 1.29 is 53.8 Å². The summed E-state index contributed by atoms with van der Waals surface area (Å²) >= 11 is 0. The number of sulfonamides is 1. The van der Waals surface area contributed by atoms with E-state index in [9.17, 15) is 49.1 Å². The van der Waals surface area contributed by atoms with Gasteiger partial charge in [0.15, 0.2) is 0 Å². The Labute approximate surface area is 230 Å². The van der Waals surface area contributed by atoms with Crippen LogP contribution < -0.4 is 4.31 Å². The molecule has 1 N–H and O–H groups in total. The average molecular weight is 606 g/mol. The van der Waals surface area contributed by atoms with Crippen LogP contribution in [0.5, 0.6) is 0 Å². The lowest BCUT2D eigenvalue weighted by Crippen LogP contribution is -2.54. The number of ether oxygens (including phenoxy) is 1. The zero-order valence-electron chi connectivity index (χ0n) is 20.9. The Morgan fingerprint density at radius 3 is 2.12 bits per heavy atom. The Morgan fingerprint density at radius 2 is 1.54 bits per heavy atom. The van der Waals surface area contributed by atoms with Crippen molar-refractivity contribution in [2.75, 3.05) is 4.31 Å². The SMILES string of the molecule is O=C(C[C@@H]1CCc2cc(C(O)(C(F)(F)F)C(F)(F)F)ccc2N1S(=O)(=O)c1ccc(F)cc1)OCc1ccccc1. The van der Waals surface area contributed by atoms with Crippen LogP contribution in [0.3, 0.4) is 0 Å². The molecule has 14 heteroatoms. The van der Waals surface area contributed by atoms with E-state index in [4.69, 9.17) is 4.74 Å². The number of nitrogens with zero attached hydrogens (tertiary/aromatic N) is 1. The van der Waals surface area contributed by atoms with Crippen LogP contribution in [-0.2, 0) is 38.2 Å². The maximum absolute atomic E-state index is 13.7. The van der Waals surface area contributed by atoms with Crippen LogP contribution >= 0.6 is 0 Å². The molecule has 3 aromatic carbocycles. The lowest BCUT2D eigenvalue weighted by Gasteiger charge is -2.39. The Morgan fingerprint density at radius 1 is 0.927 bits per heavy atom. The Balaban J connectivity index is 1.74. The van der Waals surface area contributed by atoms with Crippen molar-refractivity contribution in [1.82, 2.24) is 0 Å². The fourth-order valence-corrected chi connectivity index (χ4v) is 6.29. The smallest absolute Gasteiger partial charge is 0.430 e. The molecule has 0 bridgehead atoms. The molecule has 0 radical (unpaired) electrons. The molecule has 0 spiro atoms. The largest absolute Gasteiger partial charge is 0.461 e. The summed E-state index contributed by atoms with van der Waals surface area (Å²) in [4.78, 5) is 12.3. The van der Waals surface area contributed by atoms with E-state index < -0.39 is 62.7 Å². The normalized spacial score (nSPS) is 16.3. The molecule has 4 rings (SSSR count). The summed E-state index contributed by atoms with van der Waals surface area (Å²) in [6, 6.07) is 12.5. The van der Waals surface area contributed by atoms with Crippen molar-refractivity contribution in [3.05, 3.63) is 95.3 Å². The van der Waals surface area contributed by atoms with E-state index in [0.29, 0.717) is 22.0 Å². The number of benzene rings is 3. The van der Waals surface area contributed by atoms with Gasteiger partial charge in [-0.25, -0.2) is 12.8 Å². The lowest BCUT2D eigenvalue weighted by atomic mass is 9.87. The molecule has 0 fully saturated rings. The number of esters is 1. The van der Waals surface area contributed by atoms with E-state index in [0.717, 1.165) is 30.3 Å². The van der Waals surface area contributed by atoms with Gasteiger partial charge in [-0.1, -0.05) is 42.5 Å². The Bertz CT molecular complexity index is 1490. The maximum Gasteiger partial charge on any atom is 0.430 e. The van der Waals surface area contributed by atoms with E-state index in [1.54, 1.807) is 30.3 Å². The molecule has 220 valence electrons. The van der Waals surface area contributed by atoms with E-state index in [-0.39, 0.29) is 30.7 Å². The molecule has 0 aliphatic carbocycles. The zero-order chi connectivity index (χ0) is 30.2. The summed E-state index contributed by atoms with van der Waals surface area (Å²) in [6.45, 7) is -0.121. The number of anilines is 1. The molecule has 1 atom stereocenters. The van der Waals surface area contributed by atoms with Gasteiger partial charge < -0.3 is 9.84 Å². The van der Waals surface area contributed by atoms with Gasteiger partial charge in [-0.3, -0.25) is 9.10 Å². The maximum atomic E-state index is 13.7. The molecule has 0 saturated heterocycles. The van der Waals surface area contributed by atoms with Crippen molar-refractivity contribution in [3.8, 4) is 0 Å². The number of halogens is 7. The standard InChI is InChI=1S/C27H22F7NO5S/c28-20-8-11-22(12-9-20)41(38,39)35-21(15-24(36)40-16-17-4-2-1-3-5-17)10-6-18-14-19(7-13-23(18)35)25(37,26(29,30)31)27(32,33)34/h1-5,7-9,11-14,21,37H,6,10,15-16H2/t21-/m0/s1. The topological polar surface area (TPSA) is 83.9 Å². The summed E-state index contributed by atoms with van der Waals surface area (Å²) in [5.74, 6) is -1.56. The second-order valence-electron chi connectivity index (χ2n) is 9.35. The van der Waals surface area contributed by atoms with Gasteiger partial charge >= 0.3 is 18.3 Å². The zero-order valence-corrected chi connectivity index (χ0v) is 21.7. The second kappa shape index (κ2) is 11.0. The van der Waals surface area contributed by atoms with Crippen LogP contribution in [0.25, 0.3) is 0 Å². The molecule has 3 aromatic rings. The van der Waals surface area contributed by atoms with Crippen LogP contribution in [0, 0.1) is 5.82 Å². The number of aliphatic hydroxyl groups is 1. The molecule has 41 heavy (non-hydrogen) atoms. The average Bonchev–Trinajstić information content (AvgIpc) is 2.90. The predicted molar refractivity (Wildman–Crippen MR) is 131 cm³/mol. The van der Waals surface area contributed by atoms with Gasteiger partial charge in [0.2, 0.25) is 0 Å². The highest BCUT2D eigenvalue weighted by Crippen LogP contribution is 2.51. The van der Waals surface area contributed by atoms with E-state index in [1.165, 1.54) is 0 Å². The number of carbonyl (C=O) groups excluding carboxylic acids is 1. The van der Waals surface area contributed by atoms with Crippen LogP contribution in [0.1, 0.15) is 29.5 Å². The molecule has 6 nitrogen and oxygen atoms in total. The van der Waals surface area contributed by atoms with Crippen LogP contribution in [0.2, 0.25) is 0 Å². The van der Waals surface area contributed by atoms with Crippen LogP contribution in [0.4, 0.5) is 36.4 Å². The first-order chi connectivity index (χ1) is 19.1. The summed E-state index contributed by atoms with van der Waals surface area (Å²) in [5, 5.41) is 9.83. The molecule has 0 unspecified atom stereocenters. The first kappa shape index (κ1) is 30.3. The van der Waals surface area contributed by atoms with E-state index in [1.807, 2.05) is 0 Å². The fraction of sp³-hybridized carbons (Fsp3) is 0.296. The van der Waals surface area contributed by atoms with Gasteiger partial charge in [-0.15, -0.1) is 0 Å². The van der Waals surface area contributed by atoms with Gasteiger partial charge in [0.05, 0.1) is 23.0 Å². The first-order valence-corrected chi connectivity index (χ1v) is 13.5. The van der Waals surface area contributed by atoms with Crippen molar-refractivity contribution in [3.63, 3.8) is 0 Å². The van der Waals surface area contributed by atoms with Crippen LogP contribution in [-0.4, -0.2) is 37.9 Å². The third-order valence-electron chi connectivity index (χ3n) is 6.65. The molecule has 0 amide bonds. The number of aryl methyl sites for hydroxylation is 1. The summed E-state index contributed by atoms with van der Waals surface area (Å²) < 4.78 is 128. The fourth-order valence-electron chi connectivity index (χ4n) is 4.57. The Kier molecular flexibility index (Phi) is 8.11. The van der Waals surface area contributed by atoms with Crippen molar-refractivity contribution >= 4 is 21.7 Å². The molecule has 1 heterocycles. The number of carbonyl (C=O) groups is 1. The Hall–Kier alpha value is -3.65. The van der Waals surface area contributed by atoms with Gasteiger partial charge in [0.1, 0.15) is 12.4 Å². The molecule has 0 aromatic heterocycles. The molecule has 0 saturated carbocycles. The minimum Gasteiger partial charge on any atom is -0.461 e. The molecule has 1 aliphatic rings.